The van der Waals surface area contributed by atoms with Gasteiger partial charge >= 0.3 is 0 Å². The quantitative estimate of drug-likeness (QED) is 0.571. The zero-order valence-corrected chi connectivity index (χ0v) is 15.9. The zero-order valence-electron chi connectivity index (χ0n) is 15.1. The van der Waals surface area contributed by atoms with Crippen LogP contribution in [-0.4, -0.2) is 6.10 Å². The Labute approximate surface area is 157 Å². The SMILES string of the molecule is c1ccc(P(c2ccccc2)c2ccccc2OC2CCCCC2)cc1. The summed E-state index contributed by atoms with van der Waals surface area (Å²) < 4.78 is 6.53. The van der Waals surface area contributed by atoms with Crippen LogP contribution < -0.4 is 20.7 Å². The monoisotopic (exact) mass is 360 g/mol. The molecule has 1 saturated carbocycles. The van der Waals surface area contributed by atoms with Gasteiger partial charge in [-0.15, -0.1) is 0 Å². The summed E-state index contributed by atoms with van der Waals surface area (Å²) in [6.07, 6.45) is 6.67. The Kier molecular flexibility index (Phi) is 5.67. The van der Waals surface area contributed by atoms with E-state index in [1.165, 1.54) is 48.0 Å². The normalized spacial score (nSPS) is 15.1. The summed E-state index contributed by atoms with van der Waals surface area (Å²) in [6.45, 7) is 0. The lowest BCUT2D eigenvalue weighted by Gasteiger charge is -2.27. The molecule has 1 aliphatic rings. The molecule has 0 unspecified atom stereocenters. The van der Waals surface area contributed by atoms with E-state index in [0.29, 0.717) is 6.10 Å². The Morgan fingerprint density at radius 2 is 1.15 bits per heavy atom. The van der Waals surface area contributed by atoms with Gasteiger partial charge in [-0.25, -0.2) is 0 Å². The first-order valence-corrected chi connectivity index (χ1v) is 10.9. The van der Waals surface area contributed by atoms with E-state index in [-0.39, 0.29) is 0 Å². The van der Waals surface area contributed by atoms with E-state index in [9.17, 15) is 0 Å². The van der Waals surface area contributed by atoms with Crippen molar-refractivity contribution in [3.63, 3.8) is 0 Å². The van der Waals surface area contributed by atoms with Gasteiger partial charge in [-0.05, 0) is 50.3 Å². The number of hydrogen-bond acceptors (Lipinski definition) is 1. The van der Waals surface area contributed by atoms with E-state index in [2.05, 4.69) is 84.9 Å². The number of hydrogen-bond donors (Lipinski definition) is 0. The standard InChI is InChI=1S/C24H25OP/c1-4-12-20(13-5-1)25-23-18-10-11-19-24(23)26(21-14-6-2-7-15-21)22-16-8-3-9-17-22/h2-3,6-11,14-20H,1,4-5,12-13H2. The van der Waals surface area contributed by atoms with E-state index in [4.69, 9.17) is 4.74 Å². The summed E-state index contributed by atoms with van der Waals surface area (Å²) in [5, 5.41) is 4.06. The van der Waals surface area contributed by atoms with Crippen molar-refractivity contribution in [3.8, 4) is 5.75 Å². The summed E-state index contributed by atoms with van der Waals surface area (Å²) in [5.74, 6) is 1.07. The molecule has 0 spiro atoms. The van der Waals surface area contributed by atoms with E-state index >= 15 is 0 Å². The van der Waals surface area contributed by atoms with Crippen molar-refractivity contribution in [1.29, 1.82) is 0 Å². The van der Waals surface area contributed by atoms with E-state index in [1.54, 1.807) is 0 Å². The molecule has 1 fully saturated rings. The minimum absolute atomic E-state index is 0.369. The predicted octanol–water partition coefficient (Wildman–Crippen LogP) is 5.16. The van der Waals surface area contributed by atoms with E-state index in [0.717, 1.165) is 5.75 Å². The minimum atomic E-state index is -0.619. The fraction of sp³-hybridized carbons (Fsp3) is 0.250. The van der Waals surface area contributed by atoms with Crippen molar-refractivity contribution in [2.24, 2.45) is 0 Å². The van der Waals surface area contributed by atoms with Crippen molar-refractivity contribution in [2.75, 3.05) is 0 Å². The molecular formula is C24H25OP. The summed E-state index contributed by atoms with van der Waals surface area (Å²) >= 11 is 0. The van der Waals surface area contributed by atoms with Crippen LogP contribution in [0.5, 0.6) is 5.75 Å². The molecule has 4 rings (SSSR count). The highest BCUT2D eigenvalue weighted by atomic mass is 31.1. The topological polar surface area (TPSA) is 9.23 Å². The average Bonchev–Trinajstić information content (AvgIpc) is 2.72. The number of benzene rings is 3. The number of para-hydroxylation sites is 1. The predicted molar refractivity (Wildman–Crippen MR) is 113 cm³/mol. The van der Waals surface area contributed by atoms with Crippen molar-refractivity contribution >= 4 is 23.8 Å². The molecule has 0 atom stereocenters. The molecule has 0 amide bonds. The fourth-order valence-corrected chi connectivity index (χ4v) is 6.06. The van der Waals surface area contributed by atoms with Crippen LogP contribution in [0.25, 0.3) is 0 Å². The molecule has 3 aromatic rings. The van der Waals surface area contributed by atoms with Crippen LogP contribution in [0, 0.1) is 0 Å². The highest BCUT2D eigenvalue weighted by Gasteiger charge is 2.22. The van der Waals surface area contributed by atoms with Crippen LogP contribution in [-0.2, 0) is 0 Å². The minimum Gasteiger partial charge on any atom is -0.490 e. The summed E-state index contributed by atoms with van der Waals surface area (Å²) in [7, 11) is -0.619. The van der Waals surface area contributed by atoms with Crippen molar-refractivity contribution in [2.45, 2.75) is 38.2 Å². The Hall–Kier alpha value is -2.11. The van der Waals surface area contributed by atoms with Gasteiger partial charge in [0, 0.05) is 5.30 Å². The highest BCUT2D eigenvalue weighted by Crippen LogP contribution is 2.37. The second-order valence-electron chi connectivity index (χ2n) is 6.85. The number of rotatable bonds is 5. The van der Waals surface area contributed by atoms with E-state index in [1.807, 2.05) is 0 Å². The third-order valence-corrected chi connectivity index (χ3v) is 7.46. The summed E-state index contributed by atoms with van der Waals surface area (Å²) in [6, 6.07) is 30.4. The molecule has 0 saturated heterocycles. The lowest BCUT2D eigenvalue weighted by Crippen LogP contribution is -2.26. The molecule has 0 aliphatic heterocycles. The van der Waals surface area contributed by atoms with Crippen LogP contribution in [0.1, 0.15) is 32.1 Å². The van der Waals surface area contributed by atoms with Gasteiger partial charge in [0.15, 0.2) is 0 Å². The van der Waals surface area contributed by atoms with Gasteiger partial charge < -0.3 is 4.74 Å². The fourth-order valence-electron chi connectivity index (χ4n) is 3.69. The largest absolute Gasteiger partial charge is 0.490 e. The summed E-state index contributed by atoms with van der Waals surface area (Å²) in [5.41, 5.74) is 0. The molecule has 26 heavy (non-hydrogen) atoms. The maximum atomic E-state index is 6.53. The highest BCUT2D eigenvalue weighted by molar-refractivity contribution is 7.80. The van der Waals surface area contributed by atoms with Crippen LogP contribution in [0.15, 0.2) is 84.9 Å². The van der Waals surface area contributed by atoms with Crippen LogP contribution in [0.4, 0.5) is 0 Å². The average molecular weight is 360 g/mol. The molecule has 132 valence electrons. The molecule has 1 aliphatic carbocycles. The van der Waals surface area contributed by atoms with E-state index < -0.39 is 7.92 Å². The smallest absolute Gasteiger partial charge is 0.128 e. The van der Waals surface area contributed by atoms with Gasteiger partial charge in [-0.2, -0.15) is 0 Å². The molecular weight excluding hydrogens is 335 g/mol. The maximum Gasteiger partial charge on any atom is 0.128 e. The van der Waals surface area contributed by atoms with Gasteiger partial charge in [0.25, 0.3) is 0 Å². The van der Waals surface area contributed by atoms with Crippen molar-refractivity contribution < 1.29 is 4.74 Å². The Morgan fingerprint density at radius 3 is 1.77 bits per heavy atom. The lowest BCUT2D eigenvalue weighted by atomic mass is 9.98. The van der Waals surface area contributed by atoms with Gasteiger partial charge in [0.1, 0.15) is 5.75 Å². The molecule has 0 aromatic heterocycles. The molecule has 0 N–H and O–H groups in total. The van der Waals surface area contributed by atoms with Crippen LogP contribution >= 0.6 is 7.92 Å². The van der Waals surface area contributed by atoms with Gasteiger partial charge in [-0.1, -0.05) is 85.3 Å². The third kappa shape index (κ3) is 4.00. The van der Waals surface area contributed by atoms with Gasteiger partial charge in [0.2, 0.25) is 0 Å². The lowest BCUT2D eigenvalue weighted by molar-refractivity contribution is 0.156. The first kappa shape index (κ1) is 17.3. The molecule has 0 bridgehead atoms. The zero-order chi connectivity index (χ0) is 17.6. The van der Waals surface area contributed by atoms with Gasteiger partial charge in [0.05, 0.1) is 6.10 Å². The second-order valence-corrected chi connectivity index (χ2v) is 9.04. The molecule has 0 heterocycles. The molecule has 0 radical (unpaired) electrons. The second kappa shape index (κ2) is 8.52. The molecule has 2 heteroatoms. The van der Waals surface area contributed by atoms with Crippen molar-refractivity contribution in [1.82, 2.24) is 0 Å². The Bertz CT molecular complexity index is 770. The number of ether oxygens (including phenoxy) is 1. The first-order chi connectivity index (χ1) is 12.9. The Morgan fingerprint density at radius 1 is 0.615 bits per heavy atom. The summed E-state index contributed by atoms with van der Waals surface area (Å²) in [4.78, 5) is 0. The Balaban J connectivity index is 1.74. The van der Waals surface area contributed by atoms with Crippen molar-refractivity contribution in [3.05, 3.63) is 84.9 Å². The third-order valence-electron chi connectivity index (χ3n) is 4.98. The van der Waals surface area contributed by atoms with Gasteiger partial charge in [-0.3, -0.25) is 0 Å². The molecule has 3 aromatic carbocycles. The van der Waals surface area contributed by atoms with Crippen LogP contribution in [0.2, 0.25) is 0 Å². The molecule has 1 nitrogen and oxygen atoms in total. The van der Waals surface area contributed by atoms with Crippen LogP contribution in [0.3, 0.4) is 0 Å². The maximum absolute atomic E-state index is 6.53. The first-order valence-electron chi connectivity index (χ1n) is 9.58.